The number of rotatable bonds is 4. The maximum atomic E-state index is 13.0. The lowest BCUT2D eigenvalue weighted by molar-refractivity contribution is -0.137. The fraction of sp³-hybridized carbons (Fsp3) is 0.462. The predicted molar refractivity (Wildman–Crippen MR) is 61.6 cm³/mol. The lowest BCUT2D eigenvalue weighted by Crippen LogP contribution is -2.35. The zero-order valence-electron chi connectivity index (χ0n) is 10.1. The Balaban J connectivity index is 2.05. The van der Waals surface area contributed by atoms with Crippen LogP contribution in [0.5, 0.6) is 0 Å². The van der Waals surface area contributed by atoms with Crippen LogP contribution in [0.15, 0.2) is 18.2 Å². The highest BCUT2D eigenvalue weighted by Gasteiger charge is 2.50. The molecule has 5 heteroatoms. The monoisotopic (exact) mass is 255 g/mol. The van der Waals surface area contributed by atoms with E-state index in [1.54, 1.807) is 7.05 Å². The number of hydrogen-bond acceptors (Lipinski definition) is 2. The van der Waals surface area contributed by atoms with Crippen molar-refractivity contribution in [2.75, 3.05) is 13.7 Å². The van der Waals surface area contributed by atoms with E-state index in [0.29, 0.717) is 18.4 Å². The van der Waals surface area contributed by atoms with Crippen LogP contribution in [0.2, 0.25) is 0 Å². The van der Waals surface area contributed by atoms with Crippen molar-refractivity contribution in [3.63, 3.8) is 0 Å². The Bertz CT molecular complexity index is 472. The second-order valence-electron chi connectivity index (χ2n) is 4.85. The molecular weight excluding hydrogens is 240 g/mol. The van der Waals surface area contributed by atoms with Crippen LogP contribution in [-0.2, 0) is 11.3 Å². The molecule has 0 aromatic heterocycles. The third-order valence-electron chi connectivity index (χ3n) is 3.36. The highest BCUT2D eigenvalue weighted by molar-refractivity contribution is 5.85. The number of carbonyl (C=O) groups excluding carboxylic acids is 1. The van der Waals surface area contributed by atoms with Gasteiger partial charge in [0.1, 0.15) is 0 Å². The molecule has 0 spiro atoms. The van der Waals surface area contributed by atoms with Gasteiger partial charge in [0.25, 0.3) is 0 Å². The Morgan fingerprint density at radius 1 is 1.39 bits per heavy atom. The first kappa shape index (κ1) is 13.0. The van der Waals surface area contributed by atoms with E-state index in [2.05, 4.69) is 0 Å². The maximum absolute atomic E-state index is 13.0. The van der Waals surface area contributed by atoms with Gasteiger partial charge in [-0.1, -0.05) is 6.07 Å². The van der Waals surface area contributed by atoms with E-state index >= 15 is 0 Å². The van der Waals surface area contributed by atoms with Crippen molar-refractivity contribution in [1.29, 1.82) is 0 Å². The van der Waals surface area contributed by atoms with Crippen molar-refractivity contribution >= 4 is 5.91 Å². The average molecular weight is 255 g/mol. The fourth-order valence-corrected chi connectivity index (χ4v) is 1.98. The molecule has 1 aliphatic carbocycles. The summed E-state index contributed by atoms with van der Waals surface area (Å²) in [7, 11) is 1.60. The molecule has 1 saturated carbocycles. The van der Waals surface area contributed by atoms with E-state index in [-0.39, 0.29) is 19.1 Å². The van der Waals surface area contributed by atoms with Crippen LogP contribution in [0.4, 0.5) is 8.78 Å². The summed E-state index contributed by atoms with van der Waals surface area (Å²) in [5.74, 6) is -1.96. The summed E-state index contributed by atoms with van der Waals surface area (Å²) < 4.78 is 25.8. The summed E-state index contributed by atoms with van der Waals surface area (Å²) in [5.41, 5.74) is -0.105. The van der Waals surface area contributed by atoms with E-state index in [1.165, 1.54) is 11.0 Å². The first-order chi connectivity index (χ1) is 8.48. The molecule has 1 aromatic carbocycles. The van der Waals surface area contributed by atoms with Crippen LogP contribution in [-0.4, -0.2) is 29.6 Å². The largest absolute Gasteiger partial charge is 0.395 e. The van der Waals surface area contributed by atoms with Gasteiger partial charge in [0.15, 0.2) is 11.6 Å². The lowest BCUT2D eigenvalue weighted by atomic mass is 10.1. The molecule has 2 rings (SSSR count). The van der Waals surface area contributed by atoms with Crippen molar-refractivity contribution in [3.05, 3.63) is 35.4 Å². The van der Waals surface area contributed by atoms with Crippen LogP contribution in [0.25, 0.3) is 0 Å². The molecule has 0 bridgehead atoms. The summed E-state index contributed by atoms with van der Waals surface area (Å²) >= 11 is 0. The third-order valence-corrected chi connectivity index (χ3v) is 3.36. The first-order valence-corrected chi connectivity index (χ1v) is 5.79. The second-order valence-corrected chi connectivity index (χ2v) is 4.85. The molecule has 1 N–H and O–H groups in total. The molecule has 0 aliphatic heterocycles. The van der Waals surface area contributed by atoms with E-state index in [9.17, 15) is 13.6 Å². The number of amides is 1. The van der Waals surface area contributed by atoms with Gasteiger partial charge in [-0.05, 0) is 30.5 Å². The van der Waals surface area contributed by atoms with Gasteiger partial charge in [-0.3, -0.25) is 4.79 Å². The average Bonchev–Trinajstić information content (AvgIpc) is 3.14. The maximum Gasteiger partial charge on any atom is 0.231 e. The van der Waals surface area contributed by atoms with Gasteiger partial charge in [-0.25, -0.2) is 8.78 Å². The van der Waals surface area contributed by atoms with Crippen molar-refractivity contribution in [3.8, 4) is 0 Å². The van der Waals surface area contributed by atoms with Crippen molar-refractivity contribution in [2.45, 2.75) is 19.4 Å². The van der Waals surface area contributed by atoms with Gasteiger partial charge >= 0.3 is 0 Å². The smallest absolute Gasteiger partial charge is 0.231 e. The minimum atomic E-state index is -0.920. The Morgan fingerprint density at radius 3 is 2.56 bits per heavy atom. The molecule has 18 heavy (non-hydrogen) atoms. The summed E-state index contributed by atoms with van der Waals surface area (Å²) in [5, 5.41) is 9.17. The Kier molecular flexibility index (Phi) is 3.34. The van der Waals surface area contributed by atoms with Gasteiger partial charge in [0.05, 0.1) is 12.0 Å². The van der Waals surface area contributed by atoms with Crippen molar-refractivity contribution < 1.29 is 18.7 Å². The van der Waals surface area contributed by atoms with Crippen molar-refractivity contribution in [1.82, 2.24) is 4.90 Å². The quantitative estimate of drug-likeness (QED) is 0.889. The Hall–Kier alpha value is -1.49. The topological polar surface area (TPSA) is 40.5 Å². The van der Waals surface area contributed by atoms with E-state index in [1.807, 2.05) is 0 Å². The number of nitrogens with zero attached hydrogens (tertiary/aromatic N) is 1. The van der Waals surface area contributed by atoms with Gasteiger partial charge in [-0.15, -0.1) is 0 Å². The fourth-order valence-electron chi connectivity index (χ4n) is 1.98. The zero-order chi connectivity index (χ0) is 13.3. The third kappa shape index (κ3) is 2.36. The molecule has 0 unspecified atom stereocenters. The summed E-state index contributed by atoms with van der Waals surface area (Å²) in [6.07, 6.45) is 1.37. The molecule has 0 atom stereocenters. The number of carbonyl (C=O) groups is 1. The van der Waals surface area contributed by atoms with Gasteiger partial charge in [0.2, 0.25) is 5.91 Å². The number of hydrogen-bond donors (Lipinski definition) is 1. The van der Waals surface area contributed by atoms with E-state index < -0.39 is 17.0 Å². The molecule has 1 fully saturated rings. The molecule has 98 valence electrons. The highest BCUT2D eigenvalue weighted by Crippen LogP contribution is 2.46. The first-order valence-electron chi connectivity index (χ1n) is 5.79. The number of benzene rings is 1. The van der Waals surface area contributed by atoms with Gasteiger partial charge in [0, 0.05) is 13.6 Å². The molecule has 0 saturated heterocycles. The minimum Gasteiger partial charge on any atom is -0.395 e. The van der Waals surface area contributed by atoms with Crippen LogP contribution >= 0.6 is 0 Å². The predicted octanol–water partition coefficient (Wildman–Crippen LogP) is 1.70. The molecule has 1 aliphatic rings. The second kappa shape index (κ2) is 4.65. The lowest BCUT2D eigenvalue weighted by Gasteiger charge is -2.22. The van der Waals surface area contributed by atoms with E-state index in [0.717, 1.165) is 12.1 Å². The molecule has 0 heterocycles. The molecule has 3 nitrogen and oxygen atoms in total. The summed E-state index contributed by atoms with van der Waals surface area (Å²) in [4.78, 5) is 13.5. The molecular formula is C13H15F2NO2. The highest BCUT2D eigenvalue weighted by atomic mass is 19.2. The molecule has 0 radical (unpaired) electrons. The van der Waals surface area contributed by atoms with Gasteiger partial charge in [-0.2, -0.15) is 0 Å². The standard InChI is InChI=1S/C13H15F2NO2/c1-16(12(18)13(8-17)4-5-13)7-9-2-3-10(14)11(15)6-9/h2-3,6,17H,4-5,7-8H2,1H3. The SMILES string of the molecule is CN(Cc1ccc(F)c(F)c1)C(=O)C1(CO)CC1. The van der Waals surface area contributed by atoms with E-state index in [4.69, 9.17) is 5.11 Å². The zero-order valence-corrected chi connectivity index (χ0v) is 10.1. The number of aliphatic hydroxyl groups is 1. The van der Waals surface area contributed by atoms with Gasteiger partial charge < -0.3 is 10.0 Å². The minimum absolute atomic E-state index is 0.144. The van der Waals surface area contributed by atoms with Crippen LogP contribution in [0.3, 0.4) is 0 Å². The van der Waals surface area contributed by atoms with Crippen molar-refractivity contribution in [2.24, 2.45) is 5.41 Å². The van der Waals surface area contributed by atoms with Crippen LogP contribution in [0, 0.1) is 17.0 Å². The Labute approximate surface area is 104 Å². The number of aliphatic hydroxyl groups excluding tert-OH is 1. The molecule has 1 amide bonds. The van der Waals surface area contributed by atoms with Crippen LogP contribution in [0.1, 0.15) is 18.4 Å². The summed E-state index contributed by atoms with van der Waals surface area (Å²) in [6.45, 7) is 0.0474. The summed E-state index contributed by atoms with van der Waals surface area (Å²) in [6, 6.07) is 3.57. The Morgan fingerprint density at radius 2 is 2.06 bits per heavy atom. The molecule has 1 aromatic rings. The number of halogens is 2. The normalized spacial score (nSPS) is 16.4. The van der Waals surface area contributed by atoms with Crippen LogP contribution < -0.4 is 0 Å².